The summed E-state index contributed by atoms with van der Waals surface area (Å²) in [6.45, 7) is 5.13. The molecule has 0 radical (unpaired) electrons. The molecule has 3 N–H and O–H groups in total. The van der Waals surface area contributed by atoms with Crippen LogP contribution in [0, 0.1) is 5.41 Å². The standard InChI is InChI=1S/C13H20N2OS2/c1-4-8(16)10-9(14)11(17-3)12(18-10)15-7-13(2)5-6-13/h15H,4-7,14H2,1-3H3. The zero-order valence-corrected chi connectivity index (χ0v) is 12.8. The van der Waals surface area contributed by atoms with Crippen molar-refractivity contribution in [1.29, 1.82) is 0 Å². The Morgan fingerprint density at radius 1 is 1.56 bits per heavy atom. The minimum Gasteiger partial charge on any atom is -0.396 e. The van der Waals surface area contributed by atoms with E-state index in [1.165, 1.54) is 24.2 Å². The molecule has 1 saturated carbocycles. The van der Waals surface area contributed by atoms with Gasteiger partial charge < -0.3 is 11.1 Å². The third-order valence-corrected chi connectivity index (χ3v) is 5.62. The number of carbonyl (C=O) groups excluding carboxylic acids is 1. The number of hydrogen-bond acceptors (Lipinski definition) is 5. The number of carbonyl (C=O) groups is 1. The number of nitrogens with one attached hydrogen (secondary N) is 1. The van der Waals surface area contributed by atoms with Crippen LogP contribution in [0.4, 0.5) is 10.7 Å². The number of ketones is 1. The summed E-state index contributed by atoms with van der Waals surface area (Å²) < 4.78 is 0. The Morgan fingerprint density at radius 2 is 2.22 bits per heavy atom. The second-order valence-electron chi connectivity index (χ2n) is 5.15. The molecule has 1 aliphatic rings. The molecular formula is C13H20N2OS2. The summed E-state index contributed by atoms with van der Waals surface area (Å²) in [7, 11) is 0. The van der Waals surface area contributed by atoms with Gasteiger partial charge in [-0.25, -0.2) is 0 Å². The number of Topliss-reactive ketones (excluding diaryl/α,β-unsaturated/α-hetero) is 1. The molecular weight excluding hydrogens is 264 g/mol. The summed E-state index contributed by atoms with van der Waals surface area (Å²) in [5.74, 6) is 0.137. The molecule has 0 saturated heterocycles. The monoisotopic (exact) mass is 284 g/mol. The molecule has 0 aliphatic heterocycles. The molecule has 5 heteroatoms. The molecule has 0 spiro atoms. The van der Waals surface area contributed by atoms with E-state index in [4.69, 9.17) is 5.73 Å². The van der Waals surface area contributed by atoms with Crippen LogP contribution in [0.3, 0.4) is 0 Å². The number of rotatable bonds is 6. The van der Waals surface area contributed by atoms with E-state index in [9.17, 15) is 4.79 Å². The highest BCUT2D eigenvalue weighted by molar-refractivity contribution is 7.99. The third kappa shape index (κ3) is 2.67. The van der Waals surface area contributed by atoms with Crippen molar-refractivity contribution in [1.82, 2.24) is 0 Å². The van der Waals surface area contributed by atoms with Crippen molar-refractivity contribution >= 4 is 39.6 Å². The largest absolute Gasteiger partial charge is 0.396 e. The number of thioether (sulfide) groups is 1. The number of hydrogen-bond donors (Lipinski definition) is 2. The van der Waals surface area contributed by atoms with Crippen molar-refractivity contribution in [2.75, 3.05) is 23.9 Å². The molecule has 0 aromatic carbocycles. The number of nitrogens with two attached hydrogens (primary N) is 1. The Hall–Kier alpha value is -0.680. The Labute approximate surface area is 117 Å². The van der Waals surface area contributed by atoms with Gasteiger partial charge in [0.1, 0.15) is 5.00 Å². The van der Waals surface area contributed by atoms with Crippen LogP contribution in [-0.4, -0.2) is 18.6 Å². The minimum atomic E-state index is 0.137. The van der Waals surface area contributed by atoms with Crippen LogP contribution < -0.4 is 11.1 Å². The van der Waals surface area contributed by atoms with E-state index < -0.39 is 0 Å². The molecule has 0 unspecified atom stereocenters. The van der Waals surface area contributed by atoms with Gasteiger partial charge >= 0.3 is 0 Å². The first-order valence-corrected chi connectivity index (χ1v) is 8.28. The van der Waals surface area contributed by atoms with Gasteiger partial charge in [-0.3, -0.25) is 4.79 Å². The van der Waals surface area contributed by atoms with Gasteiger partial charge in [0.15, 0.2) is 5.78 Å². The SMILES string of the molecule is CCC(=O)c1sc(NCC2(C)CC2)c(SC)c1N. The maximum absolute atomic E-state index is 11.8. The fourth-order valence-electron chi connectivity index (χ4n) is 1.80. The summed E-state index contributed by atoms with van der Waals surface area (Å²) in [6, 6.07) is 0. The van der Waals surface area contributed by atoms with Gasteiger partial charge in [0.25, 0.3) is 0 Å². The fraction of sp³-hybridized carbons (Fsp3) is 0.615. The quantitative estimate of drug-likeness (QED) is 0.615. The first-order chi connectivity index (χ1) is 8.50. The van der Waals surface area contributed by atoms with Crippen molar-refractivity contribution < 1.29 is 4.79 Å². The van der Waals surface area contributed by atoms with Gasteiger partial charge in [-0.2, -0.15) is 0 Å². The van der Waals surface area contributed by atoms with Crippen molar-refractivity contribution in [3.8, 4) is 0 Å². The normalized spacial score (nSPS) is 16.6. The molecule has 0 amide bonds. The molecule has 18 heavy (non-hydrogen) atoms. The second-order valence-corrected chi connectivity index (χ2v) is 6.99. The van der Waals surface area contributed by atoms with E-state index in [1.807, 2.05) is 13.2 Å². The van der Waals surface area contributed by atoms with Crippen LogP contribution in [0.15, 0.2) is 4.90 Å². The third-order valence-electron chi connectivity index (χ3n) is 3.46. The van der Waals surface area contributed by atoms with Crippen molar-refractivity contribution in [2.24, 2.45) is 5.41 Å². The second kappa shape index (κ2) is 5.13. The Morgan fingerprint density at radius 3 is 2.72 bits per heavy atom. The molecule has 0 atom stereocenters. The molecule has 1 aromatic heterocycles. The summed E-state index contributed by atoms with van der Waals surface area (Å²) in [5.41, 5.74) is 7.18. The predicted octanol–water partition coefficient (Wildman–Crippen LogP) is 3.86. The first-order valence-electron chi connectivity index (χ1n) is 6.24. The Balaban J connectivity index is 2.20. The minimum absolute atomic E-state index is 0.137. The van der Waals surface area contributed by atoms with Gasteiger partial charge in [-0.05, 0) is 24.5 Å². The molecule has 3 nitrogen and oxygen atoms in total. The first kappa shape index (κ1) is 13.7. The lowest BCUT2D eigenvalue weighted by Gasteiger charge is -2.10. The predicted molar refractivity (Wildman–Crippen MR) is 81.0 cm³/mol. The van der Waals surface area contributed by atoms with Crippen LogP contribution in [0.1, 0.15) is 42.8 Å². The highest BCUT2D eigenvalue weighted by atomic mass is 32.2. The average Bonchev–Trinajstić information content (AvgIpc) is 3.00. The van der Waals surface area contributed by atoms with E-state index in [2.05, 4.69) is 12.2 Å². The lowest BCUT2D eigenvalue weighted by molar-refractivity contribution is 0.0992. The lowest BCUT2D eigenvalue weighted by Crippen LogP contribution is -2.11. The van der Waals surface area contributed by atoms with Crippen molar-refractivity contribution in [3.05, 3.63) is 4.88 Å². The maximum Gasteiger partial charge on any atom is 0.174 e. The highest BCUT2D eigenvalue weighted by Crippen LogP contribution is 2.47. The number of nitrogen functional groups attached to an aromatic ring is 1. The van der Waals surface area contributed by atoms with Gasteiger partial charge in [0, 0.05) is 13.0 Å². The van der Waals surface area contributed by atoms with Crippen LogP contribution >= 0.6 is 23.1 Å². The number of anilines is 2. The van der Waals surface area contributed by atoms with Gasteiger partial charge in [0.05, 0.1) is 15.5 Å². The maximum atomic E-state index is 11.8. The topological polar surface area (TPSA) is 55.1 Å². The summed E-state index contributed by atoms with van der Waals surface area (Å²) in [4.78, 5) is 13.6. The van der Waals surface area contributed by atoms with E-state index in [0.717, 1.165) is 16.4 Å². The highest BCUT2D eigenvalue weighted by Gasteiger charge is 2.37. The molecule has 1 fully saturated rings. The average molecular weight is 284 g/mol. The van der Waals surface area contributed by atoms with E-state index in [1.54, 1.807) is 11.8 Å². The summed E-state index contributed by atoms with van der Waals surface area (Å²) in [5, 5.41) is 4.53. The Bertz CT molecular complexity index is 464. The molecule has 1 heterocycles. The number of thiophene rings is 1. The van der Waals surface area contributed by atoms with Crippen LogP contribution in [0.2, 0.25) is 0 Å². The van der Waals surface area contributed by atoms with Gasteiger partial charge in [0.2, 0.25) is 0 Å². The zero-order valence-electron chi connectivity index (χ0n) is 11.1. The van der Waals surface area contributed by atoms with E-state index >= 15 is 0 Å². The molecule has 1 aliphatic carbocycles. The Kier molecular flexibility index (Phi) is 3.92. The van der Waals surface area contributed by atoms with Crippen LogP contribution in [0.25, 0.3) is 0 Å². The van der Waals surface area contributed by atoms with Crippen LogP contribution in [0.5, 0.6) is 0 Å². The van der Waals surface area contributed by atoms with E-state index in [-0.39, 0.29) is 5.78 Å². The van der Waals surface area contributed by atoms with Crippen LogP contribution in [-0.2, 0) is 0 Å². The molecule has 2 rings (SSSR count). The fourth-order valence-corrected chi connectivity index (χ4v) is 3.84. The van der Waals surface area contributed by atoms with Crippen molar-refractivity contribution in [3.63, 3.8) is 0 Å². The lowest BCUT2D eigenvalue weighted by atomic mass is 10.1. The van der Waals surface area contributed by atoms with Gasteiger partial charge in [-0.1, -0.05) is 13.8 Å². The zero-order chi connectivity index (χ0) is 13.3. The van der Waals surface area contributed by atoms with Gasteiger partial charge in [-0.15, -0.1) is 23.1 Å². The molecule has 1 aromatic rings. The summed E-state index contributed by atoms with van der Waals surface area (Å²) in [6.07, 6.45) is 5.09. The summed E-state index contributed by atoms with van der Waals surface area (Å²) >= 11 is 3.12. The van der Waals surface area contributed by atoms with Crippen molar-refractivity contribution in [2.45, 2.75) is 38.0 Å². The molecule has 0 bridgehead atoms. The van der Waals surface area contributed by atoms with E-state index in [0.29, 0.717) is 22.4 Å². The smallest absolute Gasteiger partial charge is 0.174 e. The molecule has 100 valence electrons.